The van der Waals surface area contributed by atoms with Crippen LogP contribution in [0.2, 0.25) is 0 Å². The highest BCUT2D eigenvalue weighted by molar-refractivity contribution is 6.58. The molecule has 4 N–H and O–H groups in total. The summed E-state index contributed by atoms with van der Waals surface area (Å²) in [5.41, 5.74) is 1.67. The highest BCUT2D eigenvalue weighted by atomic mass is 16.6. The number of nitrogens with zero attached hydrogens (tertiary/aromatic N) is 3. The molecule has 1 heterocycles. The molecule has 0 fully saturated rings. The van der Waals surface area contributed by atoms with Gasteiger partial charge < -0.3 is 20.7 Å². The summed E-state index contributed by atoms with van der Waals surface area (Å²) >= 11 is 0. The first-order chi connectivity index (χ1) is 15.3. The summed E-state index contributed by atoms with van der Waals surface area (Å²) in [6.45, 7) is 7.55. The molecule has 0 bridgehead atoms. The quantitative estimate of drug-likeness (QED) is 0.127. The second-order valence-electron chi connectivity index (χ2n) is 6.51. The van der Waals surface area contributed by atoms with Crippen molar-refractivity contribution in [3.8, 4) is 0 Å². The van der Waals surface area contributed by atoms with Crippen molar-refractivity contribution in [1.29, 1.82) is 0 Å². The number of benzene rings is 2. The Morgan fingerprint density at radius 2 is 1.81 bits per heavy atom. The van der Waals surface area contributed by atoms with E-state index in [0.717, 1.165) is 5.56 Å². The Balaban J connectivity index is 1.82. The van der Waals surface area contributed by atoms with Crippen LogP contribution in [0.1, 0.15) is 5.56 Å². The van der Waals surface area contributed by atoms with Crippen LogP contribution in [-0.2, 0) is 11.3 Å². The highest BCUT2D eigenvalue weighted by Crippen LogP contribution is 2.30. The fraction of sp³-hybridized carbons (Fsp3) is 0.0500. The summed E-state index contributed by atoms with van der Waals surface area (Å²) in [6.07, 6.45) is 2.74. The van der Waals surface area contributed by atoms with Gasteiger partial charge in [-0.05, 0) is 33.5 Å². The maximum absolute atomic E-state index is 12.7. The summed E-state index contributed by atoms with van der Waals surface area (Å²) in [7, 11) is -1.57. The maximum atomic E-state index is 12.7. The van der Waals surface area contributed by atoms with E-state index in [1.807, 2.05) is 0 Å². The number of carbonyl (C=O) groups excluding carboxylic acids is 1. The van der Waals surface area contributed by atoms with Crippen molar-refractivity contribution in [1.82, 2.24) is 15.6 Å². The number of allylic oxidation sites excluding steroid dienone is 1. The number of hydrogen-bond donors (Lipinski definition) is 4. The van der Waals surface area contributed by atoms with Crippen molar-refractivity contribution in [2.45, 2.75) is 6.54 Å². The lowest BCUT2D eigenvalue weighted by Gasteiger charge is -2.13. The first kappa shape index (κ1) is 22.4. The number of aromatic nitrogens is 2. The van der Waals surface area contributed by atoms with Crippen LogP contribution in [0.15, 0.2) is 77.6 Å². The largest absolute Gasteiger partial charge is 0.488 e. The normalized spacial score (nSPS) is 11.4. The van der Waals surface area contributed by atoms with Crippen LogP contribution in [0.3, 0.4) is 0 Å². The molecule has 0 aliphatic carbocycles. The van der Waals surface area contributed by atoms with Crippen molar-refractivity contribution in [2.24, 2.45) is 0 Å². The van der Waals surface area contributed by atoms with Gasteiger partial charge in [0.25, 0.3) is 5.91 Å². The van der Waals surface area contributed by atoms with Crippen LogP contribution in [0.25, 0.3) is 11.0 Å². The van der Waals surface area contributed by atoms with Crippen LogP contribution in [-0.4, -0.2) is 38.3 Å². The monoisotopic (exact) mass is 435 g/mol. The molecule has 12 heteroatoms. The van der Waals surface area contributed by atoms with Crippen molar-refractivity contribution in [2.75, 3.05) is 5.32 Å². The zero-order chi connectivity index (χ0) is 23.3. The summed E-state index contributed by atoms with van der Waals surface area (Å²) < 4.78 is 4.64. The Bertz CT molecular complexity index is 1220. The van der Waals surface area contributed by atoms with Crippen LogP contribution in [0, 0.1) is 10.1 Å². The van der Waals surface area contributed by atoms with E-state index in [1.165, 1.54) is 24.3 Å². The van der Waals surface area contributed by atoms with E-state index in [0.29, 0.717) is 11.2 Å². The lowest BCUT2D eigenvalue weighted by molar-refractivity contribution is -0.383. The molecule has 0 aliphatic rings. The van der Waals surface area contributed by atoms with Gasteiger partial charge in [0.2, 0.25) is 5.52 Å². The summed E-state index contributed by atoms with van der Waals surface area (Å²) in [6, 6.07) is 9.06. The standard InChI is InChI=1S/C20H18BN5O6/c1-3-14(20(27)22-11-12-5-7-13(8-6-12)21(28)29)15(4-2)23-16-9-10-17(26(30)31)19-18(16)24-32-25-19/h3-10,23,28-29H,1-2,11H2,(H,22,27)/b15-14-. The third kappa shape index (κ3) is 4.72. The predicted octanol–water partition coefficient (Wildman–Crippen LogP) is 1.17. The third-order valence-electron chi connectivity index (χ3n) is 4.53. The highest BCUT2D eigenvalue weighted by Gasteiger charge is 2.21. The Labute approximate surface area is 182 Å². The van der Waals surface area contributed by atoms with E-state index >= 15 is 0 Å². The minimum absolute atomic E-state index is 0.0375. The Hall–Kier alpha value is -4.29. The number of amides is 1. The van der Waals surface area contributed by atoms with Gasteiger partial charge in [-0.3, -0.25) is 14.9 Å². The van der Waals surface area contributed by atoms with Gasteiger partial charge in [-0.25, -0.2) is 4.63 Å². The van der Waals surface area contributed by atoms with Crippen LogP contribution in [0.4, 0.5) is 11.4 Å². The molecule has 3 rings (SSSR count). The lowest BCUT2D eigenvalue weighted by Crippen LogP contribution is -2.30. The molecule has 11 nitrogen and oxygen atoms in total. The smallest absolute Gasteiger partial charge is 0.423 e. The fourth-order valence-electron chi connectivity index (χ4n) is 2.89. The van der Waals surface area contributed by atoms with Crippen molar-refractivity contribution < 1.29 is 24.4 Å². The third-order valence-corrected chi connectivity index (χ3v) is 4.53. The lowest BCUT2D eigenvalue weighted by atomic mass is 9.80. The van der Waals surface area contributed by atoms with Crippen LogP contribution in [0.5, 0.6) is 0 Å². The zero-order valence-corrected chi connectivity index (χ0v) is 16.7. The number of nitro benzene ring substituents is 1. The molecule has 3 aromatic rings. The number of nitrogens with one attached hydrogen (secondary N) is 2. The van der Waals surface area contributed by atoms with Gasteiger partial charge in [-0.15, -0.1) is 0 Å². The van der Waals surface area contributed by atoms with Crippen LogP contribution >= 0.6 is 0 Å². The maximum Gasteiger partial charge on any atom is 0.488 e. The van der Waals surface area contributed by atoms with Crippen LogP contribution < -0.4 is 16.1 Å². The fourth-order valence-corrected chi connectivity index (χ4v) is 2.89. The topological polar surface area (TPSA) is 164 Å². The number of hydrogen-bond acceptors (Lipinski definition) is 9. The number of carbonyl (C=O) groups is 1. The number of fused-ring (bicyclic) bond motifs is 1. The first-order valence-electron chi connectivity index (χ1n) is 9.24. The van der Waals surface area contributed by atoms with E-state index in [4.69, 9.17) is 10.0 Å². The summed E-state index contributed by atoms with van der Waals surface area (Å²) in [5.74, 6) is -0.454. The molecule has 32 heavy (non-hydrogen) atoms. The van der Waals surface area contributed by atoms with Gasteiger partial charge in [-0.2, -0.15) is 0 Å². The van der Waals surface area contributed by atoms with Gasteiger partial charge in [-0.1, -0.05) is 43.5 Å². The Kier molecular flexibility index (Phi) is 6.78. The van der Waals surface area contributed by atoms with Gasteiger partial charge in [0.05, 0.1) is 21.9 Å². The second kappa shape index (κ2) is 9.68. The van der Waals surface area contributed by atoms with Crippen molar-refractivity contribution >= 4 is 40.9 Å². The van der Waals surface area contributed by atoms with E-state index in [1.54, 1.807) is 24.3 Å². The summed E-state index contributed by atoms with van der Waals surface area (Å²) in [4.78, 5) is 23.3. The van der Waals surface area contributed by atoms with E-state index in [-0.39, 0.29) is 34.5 Å². The first-order valence-corrected chi connectivity index (χ1v) is 9.24. The number of anilines is 1. The van der Waals surface area contributed by atoms with Gasteiger partial charge in [0.15, 0.2) is 5.52 Å². The Morgan fingerprint density at radius 1 is 1.12 bits per heavy atom. The van der Waals surface area contributed by atoms with E-state index in [2.05, 4.69) is 38.7 Å². The molecular formula is C20H18BN5O6. The molecule has 2 aromatic carbocycles. The average Bonchev–Trinajstić information content (AvgIpc) is 3.27. The van der Waals surface area contributed by atoms with Crippen molar-refractivity contribution in [3.05, 3.63) is 88.7 Å². The molecular weight excluding hydrogens is 417 g/mol. The van der Waals surface area contributed by atoms with Gasteiger partial charge in [0.1, 0.15) is 0 Å². The number of non-ortho nitro benzene ring substituents is 1. The molecule has 0 radical (unpaired) electrons. The van der Waals surface area contributed by atoms with E-state index < -0.39 is 17.9 Å². The molecule has 0 spiro atoms. The second-order valence-corrected chi connectivity index (χ2v) is 6.51. The number of nitro groups is 1. The average molecular weight is 435 g/mol. The van der Waals surface area contributed by atoms with E-state index in [9.17, 15) is 14.9 Å². The Morgan fingerprint density at radius 3 is 2.41 bits per heavy atom. The molecule has 0 saturated heterocycles. The molecule has 1 aromatic heterocycles. The predicted molar refractivity (Wildman–Crippen MR) is 118 cm³/mol. The minimum atomic E-state index is -1.57. The molecule has 162 valence electrons. The molecule has 1 amide bonds. The molecule has 0 unspecified atom stereocenters. The molecule has 0 aliphatic heterocycles. The SMILES string of the molecule is C=C/C(Nc1ccc([N+](=O)[O-])c2nonc12)=C(\C=C)C(=O)NCc1ccc(B(O)O)cc1. The summed E-state index contributed by atoms with van der Waals surface area (Å²) in [5, 5.41) is 42.4. The van der Waals surface area contributed by atoms with Crippen molar-refractivity contribution in [3.63, 3.8) is 0 Å². The van der Waals surface area contributed by atoms with Gasteiger partial charge in [0, 0.05) is 12.6 Å². The molecule has 0 atom stereocenters. The number of rotatable bonds is 9. The van der Waals surface area contributed by atoms with Gasteiger partial charge >= 0.3 is 12.8 Å². The molecule has 0 saturated carbocycles. The minimum Gasteiger partial charge on any atom is -0.423 e. The zero-order valence-electron chi connectivity index (χ0n) is 16.7.